The topological polar surface area (TPSA) is 69.6 Å². The predicted molar refractivity (Wildman–Crippen MR) is 68.5 cm³/mol. The monoisotopic (exact) mass is 261 g/mol. The number of phenolic OH excluding ortho intramolecular Hbond substituents is 1. The van der Waals surface area contributed by atoms with Gasteiger partial charge in [0.2, 0.25) is 0 Å². The van der Waals surface area contributed by atoms with Gasteiger partial charge in [-0.15, -0.1) is 0 Å². The predicted octanol–water partition coefficient (Wildman–Crippen LogP) is 2.77. The van der Waals surface area contributed by atoms with Crippen LogP contribution in [-0.2, 0) is 4.79 Å². The first kappa shape index (κ1) is 12.9. The fourth-order valence-corrected chi connectivity index (χ4v) is 1.69. The highest BCUT2D eigenvalue weighted by Gasteiger charge is 2.20. The van der Waals surface area contributed by atoms with Crippen LogP contribution in [0, 0.1) is 5.82 Å². The standard InChI is InChI=1S/C14H12FNO3/c15-11-3-1-2-4-12(11)16-13(14(18)19)9-5-7-10(17)8-6-9/h1-8,13,16-17H,(H,18,19). The minimum atomic E-state index is -1.13. The van der Waals surface area contributed by atoms with E-state index in [2.05, 4.69) is 5.32 Å². The zero-order valence-corrected chi connectivity index (χ0v) is 9.88. The first-order chi connectivity index (χ1) is 9.08. The Bertz CT molecular complexity index is 583. The van der Waals surface area contributed by atoms with Crippen molar-refractivity contribution >= 4 is 11.7 Å². The summed E-state index contributed by atoms with van der Waals surface area (Å²) in [4.78, 5) is 11.3. The number of anilines is 1. The molecule has 4 nitrogen and oxygen atoms in total. The van der Waals surface area contributed by atoms with Crippen molar-refractivity contribution in [2.75, 3.05) is 5.32 Å². The Morgan fingerprint density at radius 3 is 2.32 bits per heavy atom. The zero-order chi connectivity index (χ0) is 13.8. The number of carboxylic acids is 1. The van der Waals surface area contributed by atoms with Gasteiger partial charge in [0.05, 0.1) is 5.69 Å². The highest BCUT2D eigenvalue weighted by atomic mass is 19.1. The third kappa shape index (κ3) is 3.01. The lowest BCUT2D eigenvalue weighted by Gasteiger charge is -2.16. The molecule has 5 heteroatoms. The highest BCUT2D eigenvalue weighted by Crippen LogP contribution is 2.23. The lowest BCUT2D eigenvalue weighted by atomic mass is 10.1. The fraction of sp³-hybridized carbons (Fsp3) is 0.0714. The first-order valence-corrected chi connectivity index (χ1v) is 5.61. The Balaban J connectivity index is 2.29. The summed E-state index contributed by atoms with van der Waals surface area (Å²) in [6, 6.07) is 10.5. The average Bonchev–Trinajstić information content (AvgIpc) is 2.39. The van der Waals surface area contributed by atoms with Gasteiger partial charge in [0.15, 0.2) is 6.04 Å². The number of benzene rings is 2. The molecule has 2 aromatic rings. The molecule has 3 N–H and O–H groups in total. The number of carboxylic acid groups (broad SMARTS) is 1. The van der Waals surface area contributed by atoms with Crippen molar-refractivity contribution in [1.82, 2.24) is 0 Å². The number of phenols is 1. The number of para-hydroxylation sites is 1. The molecule has 2 aromatic carbocycles. The molecule has 0 radical (unpaired) electrons. The zero-order valence-electron chi connectivity index (χ0n) is 9.88. The minimum absolute atomic E-state index is 0.0405. The lowest BCUT2D eigenvalue weighted by molar-refractivity contribution is -0.138. The summed E-state index contributed by atoms with van der Waals surface area (Å²) >= 11 is 0. The number of hydrogen-bond donors (Lipinski definition) is 3. The van der Waals surface area contributed by atoms with Gasteiger partial charge in [-0.3, -0.25) is 0 Å². The van der Waals surface area contributed by atoms with Crippen molar-refractivity contribution in [2.45, 2.75) is 6.04 Å². The molecule has 0 spiro atoms. The molecule has 0 saturated carbocycles. The Labute approximate surface area is 109 Å². The van der Waals surface area contributed by atoms with Crippen LogP contribution in [0.25, 0.3) is 0 Å². The molecule has 0 aliphatic rings. The number of rotatable bonds is 4. The maximum Gasteiger partial charge on any atom is 0.330 e. The van der Waals surface area contributed by atoms with Crippen LogP contribution < -0.4 is 5.32 Å². The Morgan fingerprint density at radius 1 is 1.11 bits per heavy atom. The van der Waals surface area contributed by atoms with Crippen LogP contribution in [0.1, 0.15) is 11.6 Å². The van der Waals surface area contributed by atoms with Crippen LogP contribution in [0.15, 0.2) is 48.5 Å². The van der Waals surface area contributed by atoms with Gasteiger partial charge in [0.1, 0.15) is 11.6 Å². The lowest BCUT2D eigenvalue weighted by Crippen LogP contribution is -2.20. The van der Waals surface area contributed by atoms with Gasteiger partial charge in [0, 0.05) is 0 Å². The van der Waals surface area contributed by atoms with Crippen molar-refractivity contribution in [3.8, 4) is 5.75 Å². The number of hydrogen-bond acceptors (Lipinski definition) is 3. The molecule has 0 heterocycles. The van der Waals surface area contributed by atoms with Crippen LogP contribution in [0.5, 0.6) is 5.75 Å². The second kappa shape index (κ2) is 5.39. The summed E-state index contributed by atoms with van der Waals surface area (Å²) in [7, 11) is 0. The van der Waals surface area contributed by atoms with Gasteiger partial charge in [-0.2, -0.15) is 0 Å². The molecule has 0 aliphatic carbocycles. The first-order valence-electron chi connectivity index (χ1n) is 5.61. The second-order valence-corrected chi connectivity index (χ2v) is 3.99. The van der Waals surface area contributed by atoms with Crippen LogP contribution in [-0.4, -0.2) is 16.2 Å². The molecule has 0 amide bonds. The molecule has 0 aliphatic heterocycles. The van der Waals surface area contributed by atoms with E-state index >= 15 is 0 Å². The van der Waals surface area contributed by atoms with Crippen LogP contribution >= 0.6 is 0 Å². The van der Waals surface area contributed by atoms with Crippen molar-refractivity contribution < 1.29 is 19.4 Å². The van der Waals surface area contributed by atoms with E-state index in [1.165, 1.54) is 42.5 Å². The molecule has 98 valence electrons. The largest absolute Gasteiger partial charge is 0.508 e. The van der Waals surface area contributed by atoms with Crippen molar-refractivity contribution in [3.05, 3.63) is 59.9 Å². The number of halogens is 1. The fourth-order valence-electron chi connectivity index (χ4n) is 1.69. The SMILES string of the molecule is O=C(O)C(Nc1ccccc1F)c1ccc(O)cc1. The van der Waals surface area contributed by atoms with Crippen LogP contribution in [0.3, 0.4) is 0 Å². The number of aliphatic carboxylic acids is 1. The van der Waals surface area contributed by atoms with Gasteiger partial charge in [0.25, 0.3) is 0 Å². The molecule has 0 aromatic heterocycles. The maximum absolute atomic E-state index is 13.5. The van der Waals surface area contributed by atoms with Crippen molar-refractivity contribution in [1.29, 1.82) is 0 Å². The van der Waals surface area contributed by atoms with Gasteiger partial charge in [-0.25, -0.2) is 9.18 Å². The van der Waals surface area contributed by atoms with Crippen LogP contribution in [0.4, 0.5) is 10.1 Å². The van der Waals surface area contributed by atoms with E-state index in [0.29, 0.717) is 5.56 Å². The van der Waals surface area contributed by atoms with E-state index < -0.39 is 17.8 Å². The smallest absolute Gasteiger partial charge is 0.330 e. The molecular weight excluding hydrogens is 249 g/mol. The van der Waals surface area contributed by atoms with E-state index in [4.69, 9.17) is 0 Å². The Kier molecular flexibility index (Phi) is 3.66. The summed E-state index contributed by atoms with van der Waals surface area (Å²) in [5.41, 5.74) is 0.538. The normalized spacial score (nSPS) is 11.8. The molecule has 0 fully saturated rings. The van der Waals surface area contributed by atoms with E-state index in [-0.39, 0.29) is 11.4 Å². The number of aromatic hydroxyl groups is 1. The maximum atomic E-state index is 13.5. The van der Waals surface area contributed by atoms with Gasteiger partial charge in [-0.1, -0.05) is 24.3 Å². The Hall–Kier alpha value is -2.56. The summed E-state index contributed by atoms with van der Waals surface area (Å²) in [6.07, 6.45) is 0. The molecule has 1 atom stereocenters. The van der Waals surface area contributed by atoms with Crippen molar-refractivity contribution in [2.24, 2.45) is 0 Å². The number of nitrogens with one attached hydrogen (secondary N) is 1. The highest BCUT2D eigenvalue weighted by molar-refractivity contribution is 5.79. The summed E-state index contributed by atoms with van der Waals surface area (Å²) in [6.45, 7) is 0. The van der Waals surface area contributed by atoms with E-state index in [1.54, 1.807) is 6.07 Å². The molecule has 2 rings (SSSR count). The average molecular weight is 261 g/mol. The molecule has 1 unspecified atom stereocenters. The summed E-state index contributed by atoms with van der Waals surface area (Å²) < 4.78 is 13.5. The molecule has 0 bridgehead atoms. The number of carbonyl (C=O) groups is 1. The van der Waals surface area contributed by atoms with Gasteiger partial charge in [-0.05, 0) is 29.8 Å². The molecular formula is C14H12FNO3. The van der Waals surface area contributed by atoms with Gasteiger partial charge >= 0.3 is 5.97 Å². The third-order valence-corrected chi connectivity index (χ3v) is 2.65. The second-order valence-electron chi connectivity index (χ2n) is 3.99. The Morgan fingerprint density at radius 2 is 1.74 bits per heavy atom. The van der Waals surface area contributed by atoms with Gasteiger partial charge < -0.3 is 15.5 Å². The quantitative estimate of drug-likeness (QED) is 0.791. The van der Waals surface area contributed by atoms with Crippen LogP contribution in [0.2, 0.25) is 0 Å². The third-order valence-electron chi connectivity index (χ3n) is 2.65. The molecule has 0 saturated heterocycles. The summed E-state index contributed by atoms with van der Waals surface area (Å²) in [5, 5.41) is 21.0. The minimum Gasteiger partial charge on any atom is -0.508 e. The van der Waals surface area contributed by atoms with E-state index in [0.717, 1.165) is 0 Å². The van der Waals surface area contributed by atoms with E-state index in [9.17, 15) is 19.4 Å². The molecule has 19 heavy (non-hydrogen) atoms. The van der Waals surface area contributed by atoms with Crippen molar-refractivity contribution in [3.63, 3.8) is 0 Å². The van der Waals surface area contributed by atoms with E-state index in [1.807, 2.05) is 0 Å². The summed E-state index contributed by atoms with van der Waals surface area (Å²) in [5.74, 6) is -1.61.